The highest BCUT2D eigenvalue weighted by molar-refractivity contribution is 6.31. The summed E-state index contributed by atoms with van der Waals surface area (Å²) >= 11 is 6.02. The minimum Gasteiger partial charge on any atom is -0.507 e. The smallest absolute Gasteiger partial charge is 0.342 e. The molecule has 6 heteroatoms. The van der Waals surface area contributed by atoms with Crippen molar-refractivity contribution in [2.45, 2.75) is 26.5 Å². The third-order valence-electron chi connectivity index (χ3n) is 3.44. The number of rotatable bonds is 5. The fraction of sp³-hybridized carbons (Fsp3) is 0.222. The van der Waals surface area contributed by atoms with E-state index < -0.39 is 18.0 Å². The maximum atomic E-state index is 12.0. The first-order chi connectivity index (χ1) is 11.4. The summed E-state index contributed by atoms with van der Waals surface area (Å²) in [5.74, 6) is -1.38. The average molecular weight is 348 g/mol. The van der Waals surface area contributed by atoms with Gasteiger partial charge in [0.2, 0.25) is 0 Å². The molecule has 0 aliphatic heterocycles. The molecule has 2 N–H and O–H groups in total. The Morgan fingerprint density at radius 3 is 2.62 bits per heavy atom. The second kappa shape index (κ2) is 7.84. The lowest BCUT2D eigenvalue weighted by molar-refractivity contribution is -0.129. The molecular formula is C18H18ClNO4. The number of halogens is 1. The standard InChI is InChI=1S/C18H18ClNO4/c1-11-7-8-14(16(21)9-11)18(23)24-12(2)17(22)20-10-13-5-3-4-6-15(13)19/h3-9,12,21H,10H2,1-2H3,(H,20,22)/t12-/m1/s1. The predicted molar refractivity (Wildman–Crippen MR) is 91.0 cm³/mol. The topological polar surface area (TPSA) is 75.6 Å². The molecular weight excluding hydrogens is 330 g/mol. The number of phenolic OH excluding ortho intramolecular Hbond substituents is 1. The zero-order valence-electron chi connectivity index (χ0n) is 13.4. The van der Waals surface area contributed by atoms with Crippen molar-refractivity contribution in [3.05, 3.63) is 64.2 Å². The van der Waals surface area contributed by atoms with Crippen LogP contribution in [0.2, 0.25) is 5.02 Å². The van der Waals surface area contributed by atoms with E-state index >= 15 is 0 Å². The number of amides is 1. The third kappa shape index (κ3) is 4.49. The van der Waals surface area contributed by atoms with Crippen LogP contribution in [0.5, 0.6) is 5.75 Å². The highest BCUT2D eigenvalue weighted by Crippen LogP contribution is 2.20. The van der Waals surface area contributed by atoms with Gasteiger partial charge in [-0.25, -0.2) is 4.79 Å². The summed E-state index contributed by atoms with van der Waals surface area (Å²) in [6.07, 6.45) is -0.999. The van der Waals surface area contributed by atoms with Crippen molar-refractivity contribution < 1.29 is 19.4 Å². The van der Waals surface area contributed by atoms with E-state index in [0.29, 0.717) is 5.02 Å². The summed E-state index contributed by atoms with van der Waals surface area (Å²) in [5, 5.41) is 13.0. The molecule has 126 valence electrons. The Morgan fingerprint density at radius 2 is 1.96 bits per heavy atom. The summed E-state index contributed by atoms with van der Waals surface area (Å²) in [6, 6.07) is 11.7. The molecule has 5 nitrogen and oxygen atoms in total. The number of carbonyl (C=O) groups excluding carboxylic acids is 2. The van der Waals surface area contributed by atoms with Crippen LogP contribution < -0.4 is 5.32 Å². The van der Waals surface area contributed by atoms with Gasteiger partial charge < -0.3 is 15.2 Å². The molecule has 0 saturated heterocycles. The highest BCUT2D eigenvalue weighted by Gasteiger charge is 2.20. The number of hydrogen-bond acceptors (Lipinski definition) is 4. The zero-order valence-corrected chi connectivity index (χ0v) is 14.1. The zero-order chi connectivity index (χ0) is 17.7. The lowest BCUT2D eigenvalue weighted by Crippen LogP contribution is -2.35. The van der Waals surface area contributed by atoms with Crippen LogP contribution in [0.1, 0.15) is 28.4 Å². The van der Waals surface area contributed by atoms with Crippen molar-refractivity contribution >= 4 is 23.5 Å². The van der Waals surface area contributed by atoms with E-state index in [2.05, 4.69) is 5.32 Å². The SMILES string of the molecule is Cc1ccc(C(=O)O[C@H](C)C(=O)NCc2ccccc2Cl)c(O)c1. The molecule has 0 bridgehead atoms. The Hall–Kier alpha value is -2.53. The second-order valence-corrected chi connectivity index (χ2v) is 5.78. The van der Waals surface area contributed by atoms with Gasteiger partial charge >= 0.3 is 5.97 Å². The summed E-state index contributed by atoms with van der Waals surface area (Å²) in [6.45, 7) is 3.49. The number of nitrogens with one attached hydrogen (secondary N) is 1. The van der Waals surface area contributed by atoms with Gasteiger partial charge in [0, 0.05) is 11.6 Å². The Bertz CT molecular complexity index is 760. The molecule has 0 radical (unpaired) electrons. The van der Waals surface area contributed by atoms with Crippen LogP contribution >= 0.6 is 11.6 Å². The van der Waals surface area contributed by atoms with Crippen LogP contribution in [0, 0.1) is 6.92 Å². The van der Waals surface area contributed by atoms with E-state index in [1.165, 1.54) is 19.1 Å². The average Bonchev–Trinajstić information content (AvgIpc) is 2.53. The molecule has 0 aliphatic rings. The van der Waals surface area contributed by atoms with Crippen LogP contribution in [0.15, 0.2) is 42.5 Å². The van der Waals surface area contributed by atoms with Crippen molar-refractivity contribution in [3.8, 4) is 5.75 Å². The lowest BCUT2D eigenvalue weighted by atomic mass is 10.1. The summed E-state index contributed by atoms with van der Waals surface area (Å²) in [5.41, 5.74) is 1.60. The second-order valence-electron chi connectivity index (χ2n) is 5.38. The number of aryl methyl sites for hydroxylation is 1. The lowest BCUT2D eigenvalue weighted by Gasteiger charge is -2.14. The monoisotopic (exact) mass is 347 g/mol. The van der Waals surface area contributed by atoms with Crippen molar-refractivity contribution in [3.63, 3.8) is 0 Å². The molecule has 0 saturated carbocycles. The maximum absolute atomic E-state index is 12.0. The van der Waals surface area contributed by atoms with Gasteiger partial charge in [-0.05, 0) is 43.2 Å². The summed E-state index contributed by atoms with van der Waals surface area (Å²) < 4.78 is 5.09. The maximum Gasteiger partial charge on any atom is 0.342 e. The Balaban J connectivity index is 1.93. The molecule has 0 heterocycles. The van der Waals surface area contributed by atoms with Gasteiger partial charge in [-0.1, -0.05) is 35.9 Å². The molecule has 24 heavy (non-hydrogen) atoms. The first kappa shape index (κ1) is 17.8. The Kier molecular flexibility index (Phi) is 5.82. The number of phenols is 1. The van der Waals surface area contributed by atoms with Gasteiger partial charge in [0.25, 0.3) is 5.91 Å². The minimum atomic E-state index is -0.999. The molecule has 0 aromatic heterocycles. The van der Waals surface area contributed by atoms with Gasteiger partial charge in [0.05, 0.1) is 0 Å². The van der Waals surface area contributed by atoms with E-state index in [9.17, 15) is 14.7 Å². The summed E-state index contributed by atoms with van der Waals surface area (Å²) in [7, 11) is 0. The van der Waals surface area contributed by atoms with Crippen LogP contribution in [0.4, 0.5) is 0 Å². The van der Waals surface area contributed by atoms with Gasteiger partial charge in [-0.2, -0.15) is 0 Å². The van der Waals surface area contributed by atoms with E-state index in [1.807, 2.05) is 6.07 Å². The molecule has 2 aromatic carbocycles. The number of carbonyl (C=O) groups is 2. The van der Waals surface area contributed by atoms with Crippen molar-refractivity contribution in [2.24, 2.45) is 0 Å². The van der Waals surface area contributed by atoms with E-state index in [0.717, 1.165) is 11.1 Å². The van der Waals surface area contributed by atoms with Crippen molar-refractivity contribution in [1.29, 1.82) is 0 Å². The molecule has 0 unspecified atom stereocenters. The van der Waals surface area contributed by atoms with Gasteiger partial charge in [-0.3, -0.25) is 4.79 Å². The largest absolute Gasteiger partial charge is 0.507 e. The number of hydrogen-bond donors (Lipinski definition) is 2. The third-order valence-corrected chi connectivity index (χ3v) is 3.81. The number of benzene rings is 2. The van der Waals surface area contributed by atoms with Crippen molar-refractivity contribution in [2.75, 3.05) is 0 Å². The van der Waals surface area contributed by atoms with Gasteiger partial charge in [0.15, 0.2) is 6.10 Å². The quantitative estimate of drug-likeness (QED) is 0.814. The van der Waals surface area contributed by atoms with Crippen LogP contribution in [-0.2, 0) is 16.1 Å². The van der Waals surface area contributed by atoms with E-state index in [4.69, 9.17) is 16.3 Å². The number of ether oxygens (including phenoxy) is 1. The summed E-state index contributed by atoms with van der Waals surface area (Å²) in [4.78, 5) is 24.1. The van der Waals surface area contributed by atoms with Crippen LogP contribution in [0.25, 0.3) is 0 Å². The molecule has 1 amide bonds. The molecule has 0 aliphatic carbocycles. The Morgan fingerprint density at radius 1 is 1.25 bits per heavy atom. The fourth-order valence-electron chi connectivity index (χ4n) is 2.06. The minimum absolute atomic E-state index is 0.0198. The molecule has 1 atom stereocenters. The van der Waals surface area contributed by atoms with E-state index in [1.54, 1.807) is 31.2 Å². The molecule has 2 rings (SSSR count). The highest BCUT2D eigenvalue weighted by atomic mass is 35.5. The fourth-order valence-corrected chi connectivity index (χ4v) is 2.26. The first-order valence-electron chi connectivity index (χ1n) is 7.40. The molecule has 0 fully saturated rings. The van der Waals surface area contributed by atoms with E-state index in [-0.39, 0.29) is 17.9 Å². The van der Waals surface area contributed by atoms with Gasteiger partial charge in [0.1, 0.15) is 11.3 Å². The normalized spacial score (nSPS) is 11.6. The van der Waals surface area contributed by atoms with Gasteiger partial charge in [-0.15, -0.1) is 0 Å². The number of esters is 1. The van der Waals surface area contributed by atoms with Crippen LogP contribution in [-0.4, -0.2) is 23.1 Å². The predicted octanol–water partition coefficient (Wildman–Crippen LogP) is 3.22. The molecule has 0 spiro atoms. The van der Waals surface area contributed by atoms with Crippen LogP contribution in [0.3, 0.4) is 0 Å². The first-order valence-corrected chi connectivity index (χ1v) is 7.78. The Labute approximate surface area is 145 Å². The molecule has 2 aromatic rings. The number of aromatic hydroxyl groups is 1. The van der Waals surface area contributed by atoms with Crippen molar-refractivity contribution in [1.82, 2.24) is 5.32 Å².